The second-order valence-electron chi connectivity index (χ2n) is 3.89. The van der Waals surface area contributed by atoms with Crippen molar-refractivity contribution in [3.63, 3.8) is 0 Å². The van der Waals surface area contributed by atoms with Gasteiger partial charge in [-0.15, -0.1) is 0 Å². The monoisotopic (exact) mass is 231 g/mol. The Morgan fingerprint density at radius 3 is 3.07 bits per heavy atom. The zero-order chi connectivity index (χ0) is 11.1. The maximum absolute atomic E-state index is 11.7. The lowest BCUT2D eigenvalue weighted by atomic mass is 10.2. The summed E-state index contributed by atoms with van der Waals surface area (Å²) in [5, 5.41) is 0. The van der Waals surface area contributed by atoms with Crippen LogP contribution in [0.2, 0.25) is 0 Å². The van der Waals surface area contributed by atoms with Gasteiger partial charge in [-0.25, -0.2) is 4.79 Å². The number of hydrogen-bond acceptors (Lipinski definition) is 3. The molecule has 1 saturated heterocycles. The van der Waals surface area contributed by atoms with Crippen LogP contribution in [0.15, 0.2) is 0 Å². The average molecular weight is 231 g/mol. The summed E-state index contributed by atoms with van der Waals surface area (Å²) < 4.78 is 5.17. The van der Waals surface area contributed by atoms with Crippen molar-refractivity contribution in [2.45, 2.75) is 38.6 Å². The van der Waals surface area contributed by atoms with Crippen LogP contribution < -0.4 is 0 Å². The summed E-state index contributed by atoms with van der Waals surface area (Å²) in [6, 6.07) is 0.418. The maximum atomic E-state index is 11.7. The largest absolute Gasteiger partial charge is 0.449 e. The molecular formula is C11H21NO2S. The third kappa shape index (κ3) is 3.93. The third-order valence-electron chi connectivity index (χ3n) is 2.70. The summed E-state index contributed by atoms with van der Waals surface area (Å²) in [7, 11) is 0. The number of amides is 1. The molecule has 3 nitrogen and oxygen atoms in total. The fourth-order valence-corrected chi connectivity index (χ4v) is 2.41. The minimum atomic E-state index is -0.111. The van der Waals surface area contributed by atoms with Crippen molar-refractivity contribution >= 4 is 17.9 Å². The number of rotatable bonds is 5. The first-order valence-electron chi connectivity index (χ1n) is 5.72. The molecular weight excluding hydrogens is 210 g/mol. The summed E-state index contributed by atoms with van der Waals surface area (Å²) in [5.41, 5.74) is 0. The normalized spacial score (nSPS) is 20.7. The van der Waals surface area contributed by atoms with E-state index in [-0.39, 0.29) is 6.09 Å². The summed E-state index contributed by atoms with van der Waals surface area (Å²) >= 11 is 1.84. The first-order chi connectivity index (χ1) is 7.29. The first-order valence-corrected chi connectivity index (χ1v) is 7.11. The molecule has 1 fully saturated rings. The van der Waals surface area contributed by atoms with Gasteiger partial charge in [0.25, 0.3) is 0 Å². The Labute approximate surface area is 96.5 Å². The number of carbonyl (C=O) groups excluding carboxylic acids is 1. The van der Waals surface area contributed by atoms with E-state index < -0.39 is 0 Å². The van der Waals surface area contributed by atoms with E-state index in [0.29, 0.717) is 12.6 Å². The van der Waals surface area contributed by atoms with E-state index in [1.54, 1.807) is 0 Å². The molecule has 1 heterocycles. The van der Waals surface area contributed by atoms with Gasteiger partial charge < -0.3 is 9.64 Å². The van der Waals surface area contributed by atoms with Crippen LogP contribution >= 0.6 is 11.8 Å². The van der Waals surface area contributed by atoms with Crippen LogP contribution in [0.5, 0.6) is 0 Å². The SMILES string of the molecule is CCCOC(=O)N1CCC[C@H]1CCSC. The van der Waals surface area contributed by atoms with Crippen LogP contribution in [0.25, 0.3) is 0 Å². The zero-order valence-corrected chi connectivity index (χ0v) is 10.5. The van der Waals surface area contributed by atoms with E-state index in [1.807, 2.05) is 23.6 Å². The number of nitrogens with zero attached hydrogens (tertiary/aromatic N) is 1. The summed E-state index contributed by atoms with van der Waals surface area (Å²) in [5.74, 6) is 1.13. The lowest BCUT2D eigenvalue weighted by Gasteiger charge is -2.23. The minimum Gasteiger partial charge on any atom is -0.449 e. The Morgan fingerprint density at radius 1 is 1.60 bits per heavy atom. The molecule has 0 bridgehead atoms. The van der Waals surface area contributed by atoms with E-state index >= 15 is 0 Å². The minimum absolute atomic E-state index is 0.111. The summed E-state index contributed by atoms with van der Waals surface area (Å²) in [6.45, 7) is 3.44. The number of likely N-dealkylation sites (tertiary alicyclic amines) is 1. The summed E-state index contributed by atoms with van der Waals surface area (Å²) in [4.78, 5) is 13.6. The number of hydrogen-bond donors (Lipinski definition) is 0. The standard InChI is InChI=1S/C11H21NO2S/c1-3-8-14-11(13)12-7-4-5-10(12)6-9-15-2/h10H,3-9H2,1-2H3/t10-/m0/s1. The lowest BCUT2D eigenvalue weighted by Crippen LogP contribution is -2.36. The van der Waals surface area contributed by atoms with Crippen LogP contribution in [-0.2, 0) is 4.74 Å². The van der Waals surface area contributed by atoms with Gasteiger partial charge in [-0.2, -0.15) is 11.8 Å². The van der Waals surface area contributed by atoms with Crippen molar-refractivity contribution in [2.24, 2.45) is 0 Å². The Kier molecular flexibility index (Phi) is 5.91. The van der Waals surface area contributed by atoms with Gasteiger partial charge in [0.2, 0.25) is 0 Å². The molecule has 0 radical (unpaired) electrons. The number of thioether (sulfide) groups is 1. The molecule has 4 heteroatoms. The second kappa shape index (κ2) is 6.99. The quantitative estimate of drug-likeness (QED) is 0.728. The molecule has 0 aromatic rings. The highest BCUT2D eigenvalue weighted by Crippen LogP contribution is 2.22. The van der Waals surface area contributed by atoms with Gasteiger partial charge in [0.15, 0.2) is 0 Å². The third-order valence-corrected chi connectivity index (χ3v) is 3.34. The molecule has 0 unspecified atom stereocenters. The van der Waals surface area contributed by atoms with Crippen molar-refractivity contribution < 1.29 is 9.53 Å². The van der Waals surface area contributed by atoms with E-state index in [2.05, 4.69) is 6.26 Å². The Balaban J connectivity index is 2.34. The molecule has 15 heavy (non-hydrogen) atoms. The molecule has 0 aliphatic carbocycles. The highest BCUT2D eigenvalue weighted by atomic mass is 32.2. The molecule has 0 spiro atoms. The lowest BCUT2D eigenvalue weighted by molar-refractivity contribution is 0.0977. The molecule has 0 saturated carbocycles. The van der Waals surface area contributed by atoms with Gasteiger partial charge in [0, 0.05) is 12.6 Å². The molecule has 88 valence electrons. The van der Waals surface area contributed by atoms with E-state index in [0.717, 1.165) is 38.0 Å². The van der Waals surface area contributed by atoms with Crippen LogP contribution in [0.4, 0.5) is 4.79 Å². The van der Waals surface area contributed by atoms with Crippen molar-refractivity contribution in [1.29, 1.82) is 0 Å². The Morgan fingerprint density at radius 2 is 2.40 bits per heavy atom. The molecule has 0 N–H and O–H groups in total. The van der Waals surface area contributed by atoms with Crippen LogP contribution in [-0.4, -0.2) is 42.2 Å². The number of ether oxygens (including phenoxy) is 1. The first kappa shape index (κ1) is 12.7. The molecule has 1 aliphatic rings. The predicted molar refractivity (Wildman–Crippen MR) is 64.4 cm³/mol. The molecule has 1 atom stereocenters. The summed E-state index contributed by atoms with van der Waals surface area (Å²) in [6.07, 6.45) is 6.26. The van der Waals surface area contributed by atoms with Gasteiger partial charge in [0.1, 0.15) is 0 Å². The highest BCUT2D eigenvalue weighted by molar-refractivity contribution is 7.98. The van der Waals surface area contributed by atoms with Crippen molar-refractivity contribution in [2.75, 3.05) is 25.2 Å². The van der Waals surface area contributed by atoms with Crippen molar-refractivity contribution in [1.82, 2.24) is 4.90 Å². The van der Waals surface area contributed by atoms with Crippen molar-refractivity contribution in [3.8, 4) is 0 Å². The fraction of sp³-hybridized carbons (Fsp3) is 0.909. The van der Waals surface area contributed by atoms with Gasteiger partial charge in [-0.3, -0.25) is 0 Å². The van der Waals surface area contributed by atoms with Crippen LogP contribution in [0, 0.1) is 0 Å². The van der Waals surface area contributed by atoms with E-state index in [4.69, 9.17) is 4.74 Å². The zero-order valence-electron chi connectivity index (χ0n) is 9.70. The van der Waals surface area contributed by atoms with Gasteiger partial charge in [-0.1, -0.05) is 6.92 Å². The average Bonchev–Trinajstić information content (AvgIpc) is 2.71. The Hall–Kier alpha value is -0.380. The van der Waals surface area contributed by atoms with E-state index in [1.165, 1.54) is 0 Å². The Bertz CT molecular complexity index is 199. The smallest absolute Gasteiger partial charge is 0.410 e. The predicted octanol–water partition coefficient (Wildman–Crippen LogP) is 2.75. The maximum Gasteiger partial charge on any atom is 0.410 e. The number of carbonyl (C=O) groups is 1. The fourth-order valence-electron chi connectivity index (χ4n) is 1.90. The van der Waals surface area contributed by atoms with Gasteiger partial charge in [-0.05, 0) is 37.7 Å². The van der Waals surface area contributed by atoms with Crippen molar-refractivity contribution in [3.05, 3.63) is 0 Å². The van der Waals surface area contributed by atoms with Gasteiger partial charge >= 0.3 is 6.09 Å². The molecule has 0 aromatic heterocycles. The van der Waals surface area contributed by atoms with Crippen LogP contribution in [0.1, 0.15) is 32.6 Å². The molecule has 0 aromatic carbocycles. The highest BCUT2D eigenvalue weighted by Gasteiger charge is 2.28. The topological polar surface area (TPSA) is 29.5 Å². The molecule has 1 amide bonds. The molecule has 1 aliphatic heterocycles. The molecule has 1 rings (SSSR count). The second-order valence-corrected chi connectivity index (χ2v) is 4.87. The van der Waals surface area contributed by atoms with Crippen LogP contribution in [0.3, 0.4) is 0 Å². The van der Waals surface area contributed by atoms with E-state index in [9.17, 15) is 4.79 Å². The van der Waals surface area contributed by atoms with Gasteiger partial charge in [0.05, 0.1) is 6.61 Å².